The molecule has 110 valence electrons. The van der Waals surface area contributed by atoms with Gasteiger partial charge in [-0.3, -0.25) is 4.79 Å². The van der Waals surface area contributed by atoms with Crippen LogP contribution < -0.4 is 4.74 Å². The zero-order valence-electron chi connectivity index (χ0n) is 11.5. The van der Waals surface area contributed by atoms with Crippen molar-refractivity contribution >= 4 is 44.4 Å². The van der Waals surface area contributed by atoms with E-state index in [0.29, 0.717) is 12.4 Å². The van der Waals surface area contributed by atoms with Gasteiger partial charge in [-0.25, -0.2) is 4.98 Å². The molecule has 2 aromatic carbocycles. The van der Waals surface area contributed by atoms with Gasteiger partial charge in [0.05, 0.1) is 0 Å². The number of rotatable bonds is 4. The van der Waals surface area contributed by atoms with Crippen molar-refractivity contribution in [3.63, 3.8) is 0 Å². The van der Waals surface area contributed by atoms with Crippen molar-refractivity contribution in [2.24, 2.45) is 0 Å². The van der Waals surface area contributed by atoms with Gasteiger partial charge in [-0.2, -0.15) is 0 Å². The highest BCUT2D eigenvalue weighted by molar-refractivity contribution is 9.10. The van der Waals surface area contributed by atoms with Crippen LogP contribution in [0.15, 0.2) is 59.2 Å². The summed E-state index contributed by atoms with van der Waals surface area (Å²) in [6.07, 6.45) is 1.55. The van der Waals surface area contributed by atoms with Crippen LogP contribution in [0.2, 0.25) is 0 Å². The summed E-state index contributed by atoms with van der Waals surface area (Å²) in [5.41, 5.74) is 1.24. The Labute approximate surface area is 141 Å². The van der Waals surface area contributed by atoms with Gasteiger partial charge in [0.1, 0.15) is 6.61 Å². The van der Waals surface area contributed by atoms with Crippen LogP contribution >= 0.6 is 28.6 Å². The summed E-state index contributed by atoms with van der Waals surface area (Å²) >= 11 is 7.15. The Balaban J connectivity index is 1.84. The van der Waals surface area contributed by atoms with Crippen LogP contribution in [-0.4, -0.2) is 10.1 Å². The molecule has 0 spiro atoms. The van der Waals surface area contributed by atoms with Crippen LogP contribution in [0.5, 0.6) is 5.75 Å². The molecule has 3 aromatic rings. The molecule has 0 saturated carbocycles. The number of ether oxygens (including phenoxy) is 1. The third-order valence-electron chi connectivity index (χ3n) is 3.23. The molecular formula is C17H12BrNO2S. The number of thiol groups is 1. The minimum atomic E-state index is -0.416. The highest BCUT2D eigenvalue weighted by Gasteiger charge is 2.12. The Kier molecular flexibility index (Phi) is 4.45. The number of aromatic nitrogens is 1. The molecular weight excluding hydrogens is 362 g/mol. The molecule has 0 fully saturated rings. The van der Waals surface area contributed by atoms with Gasteiger partial charge in [0.15, 0.2) is 11.4 Å². The number of hydrogen-bond donors (Lipinski definition) is 1. The largest absolute Gasteiger partial charge is 0.486 e. The van der Waals surface area contributed by atoms with Gasteiger partial charge in [0, 0.05) is 10.7 Å². The van der Waals surface area contributed by atoms with Crippen LogP contribution in [0.4, 0.5) is 0 Å². The number of fused-ring (bicyclic) bond motifs is 1. The molecule has 5 heteroatoms. The maximum absolute atomic E-state index is 11.5. The minimum absolute atomic E-state index is 0.215. The van der Waals surface area contributed by atoms with Crippen LogP contribution in [0.1, 0.15) is 16.1 Å². The lowest BCUT2D eigenvalue weighted by Crippen LogP contribution is -2.03. The quantitative estimate of drug-likeness (QED) is 0.676. The molecule has 0 radical (unpaired) electrons. The third kappa shape index (κ3) is 3.31. The van der Waals surface area contributed by atoms with Crippen molar-refractivity contribution in [1.82, 2.24) is 4.98 Å². The summed E-state index contributed by atoms with van der Waals surface area (Å²) in [5, 5.41) is 1.92. The molecule has 0 saturated heterocycles. The molecule has 0 N–H and O–H groups in total. The predicted molar refractivity (Wildman–Crippen MR) is 93.5 cm³/mol. The maximum atomic E-state index is 11.5. The second kappa shape index (κ2) is 6.50. The number of halogens is 1. The molecule has 0 aliphatic rings. The van der Waals surface area contributed by atoms with Gasteiger partial charge < -0.3 is 4.74 Å². The minimum Gasteiger partial charge on any atom is -0.486 e. The predicted octanol–water partition coefficient (Wildman–Crippen LogP) is 4.65. The van der Waals surface area contributed by atoms with Gasteiger partial charge in [-0.05, 0) is 44.4 Å². The van der Waals surface area contributed by atoms with E-state index in [4.69, 9.17) is 4.74 Å². The van der Waals surface area contributed by atoms with Gasteiger partial charge in [0.25, 0.3) is 0 Å². The molecule has 0 aliphatic heterocycles. The zero-order chi connectivity index (χ0) is 15.5. The van der Waals surface area contributed by atoms with E-state index in [2.05, 4.69) is 57.8 Å². The molecule has 1 aromatic heterocycles. The lowest BCUT2D eigenvalue weighted by atomic mass is 10.1. The van der Waals surface area contributed by atoms with E-state index in [1.807, 2.05) is 18.2 Å². The summed E-state index contributed by atoms with van der Waals surface area (Å²) in [5.74, 6) is 0.419. The summed E-state index contributed by atoms with van der Waals surface area (Å²) in [4.78, 5) is 15.5. The highest BCUT2D eigenvalue weighted by Crippen LogP contribution is 2.24. The molecule has 3 rings (SSSR count). The molecule has 3 nitrogen and oxygen atoms in total. The van der Waals surface area contributed by atoms with Gasteiger partial charge >= 0.3 is 0 Å². The lowest BCUT2D eigenvalue weighted by molar-refractivity contribution is 0.108. The average molecular weight is 374 g/mol. The van der Waals surface area contributed by atoms with E-state index < -0.39 is 5.12 Å². The van der Waals surface area contributed by atoms with E-state index in [-0.39, 0.29) is 5.69 Å². The van der Waals surface area contributed by atoms with Crippen LogP contribution in [0.25, 0.3) is 10.8 Å². The molecule has 1 heterocycles. The number of hydrogen-bond acceptors (Lipinski definition) is 3. The van der Waals surface area contributed by atoms with E-state index in [1.54, 1.807) is 12.3 Å². The number of pyridine rings is 1. The van der Waals surface area contributed by atoms with E-state index in [1.165, 1.54) is 5.39 Å². The summed E-state index contributed by atoms with van der Waals surface area (Å²) in [7, 11) is 0. The van der Waals surface area contributed by atoms with Gasteiger partial charge in [-0.1, -0.05) is 49.0 Å². The van der Waals surface area contributed by atoms with Crippen LogP contribution in [0.3, 0.4) is 0 Å². The SMILES string of the molecule is O=C(S)c1ncc(Br)cc1OCc1ccc2ccccc2c1. The summed E-state index contributed by atoms with van der Waals surface area (Å²) in [6.45, 7) is 0.358. The Morgan fingerprint density at radius 2 is 1.91 bits per heavy atom. The highest BCUT2D eigenvalue weighted by atomic mass is 79.9. The first kappa shape index (κ1) is 15.1. The molecule has 0 atom stereocenters. The number of nitrogens with zero attached hydrogens (tertiary/aromatic N) is 1. The van der Waals surface area contributed by atoms with Crippen molar-refractivity contribution in [1.29, 1.82) is 0 Å². The fraction of sp³-hybridized carbons (Fsp3) is 0.0588. The maximum Gasteiger partial charge on any atom is 0.238 e. The Morgan fingerprint density at radius 1 is 1.14 bits per heavy atom. The summed E-state index contributed by atoms with van der Waals surface area (Å²) < 4.78 is 6.50. The Bertz CT molecular complexity index is 851. The van der Waals surface area contributed by atoms with E-state index in [9.17, 15) is 4.79 Å². The fourth-order valence-corrected chi connectivity index (χ4v) is 2.66. The fourth-order valence-electron chi connectivity index (χ4n) is 2.18. The zero-order valence-corrected chi connectivity index (χ0v) is 14.0. The first-order valence-corrected chi connectivity index (χ1v) is 7.87. The van der Waals surface area contributed by atoms with Gasteiger partial charge in [0.2, 0.25) is 5.12 Å². The molecule has 0 unspecified atom stereocenters. The number of benzene rings is 2. The smallest absolute Gasteiger partial charge is 0.238 e. The van der Waals surface area contributed by atoms with Crippen molar-refractivity contribution in [2.75, 3.05) is 0 Å². The average Bonchev–Trinajstić information content (AvgIpc) is 2.52. The first-order chi connectivity index (χ1) is 10.6. The van der Waals surface area contributed by atoms with Crippen molar-refractivity contribution in [3.8, 4) is 5.75 Å². The standard InChI is InChI=1S/C17H12BrNO2S/c18-14-8-15(16(17(20)22)19-9-14)21-10-11-5-6-12-3-1-2-4-13(12)7-11/h1-9H,10H2,(H,20,22). The van der Waals surface area contributed by atoms with Crippen LogP contribution in [-0.2, 0) is 6.61 Å². The van der Waals surface area contributed by atoms with Crippen LogP contribution in [0, 0.1) is 0 Å². The Morgan fingerprint density at radius 3 is 2.68 bits per heavy atom. The normalized spacial score (nSPS) is 10.6. The topological polar surface area (TPSA) is 39.2 Å². The monoisotopic (exact) mass is 373 g/mol. The molecule has 0 aliphatic carbocycles. The lowest BCUT2D eigenvalue weighted by Gasteiger charge is -2.10. The van der Waals surface area contributed by atoms with E-state index >= 15 is 0 Å². The summed E-state index contributed by atoms with van der Waals surface area (Å²) in [6, 6.07) is 16.0. The molecule has 0 amide bonds. The van der Waals surface area contributed by atoms with Gasteiger partial charge in [-0.15, -0.1) is 0 Å². The second-order valence-corrected chi connectivity index (χ2v) is 6.10. The van der Waals surface area contributed by atoms with Crippen molar-refractivity contribution in [3.05, 3.63) is 70.5 Å². The first-order valence-electron chi connectivity index (χ1n) is 6.63. The molecule has 22 heavy (non-hydrogen) atoms. The van der Waals surface area contributed by atoms with Crippen molar-refractivity contribution in [2.45, 2.75) is 6.61 Å². The van der Waals surface area contributed by atoms with E-state index in [0.717, 1.165) is 15.4 Å². The number of carbonyl (C=O) groups excluding carboxylic acids is 1. The number of carbonyl (C=O) groups is 1. The molecule has 0 bridgehead atoms. The Hall–Kier alpha value is -1.85. The second-order valence-electron chi connectivity index (χ2n) is 4.78. The third-order valence-corrected chi connectivity index (χ3v) is 3.88. The van der Waals surface area contributed by atoms with Crippen molar-refractivity contribution < 1.29 is 9.53 Å².